The molecule has 0 amide bonds. The molecule has 0 aliphatic rings. The maximum Gasteiger partial charge on any atom is 0.0945 e. The van der Waals surface area contributed by atoms with Gasteiger partial charge in [0.05, 0.1) is 6.33 Å². The molecule has 0 radical (unpaired) electrons. The van der Waals surface area contributed by atoms with E-state index in [-0.39, 0.29) is 0 Å². The van der Waals surface area contributed by atoms with Crippen LogP contribution in [0, 0.1) is 13.8 Å². The molecule has 0 saturated carbocycles. The number of hydrogen-bond donors (Lipinski definition) is 0. The van der Waals surface area contributed by atoms with Gasteiger partial charge in [0.25, 0.3) is 0 Å². The zero-order chi connectivity index (χ0) is 17.2. The van der Waals surface area contributed by atoms with Crippen molar-refractivity contribution < 1.29 is 0 Å². The van der Waals surface area contributed by atoms with E-state index in [2.05, 4.69) is 66.5 Å². The first-order valence-corrected chi connectivity index (χ1v) is 10.4. The van der Waals surface area contributed by atoms with Crippen LogP contribution >= 0.6 is 11.8 Å². The summed E-state index contributed by atoms with van der Waals surface area (Å²) >= 11 is 2.14. The van der Waals surface area contributed by atoms with Gasteiger partial charge in [-0.3, -0.25) is 0 Å². The minimum atomic E-state index is 0.583. The summed E-state index contributed by atoms with van der Waals surface area (Å²) < 4.78 is 2.19. The van der Waals surface area contributed by atoms with E-state index in [0.29, 0.717) is 5.25 Å². The van der Waals surface area contributed by atoms with Crippen molar-refractivity contribution in [2.45, 2.75) is 71.1 Å². The van der Waals surface area contributed by atoms with Crippen LogP contribution in [-0.2, 0) is 6.54 Å². The fourth-order valence-corrected chi connectivity index (χ4v) is 4.50. The van der Waals surface area contributed by atoms with Gasteiger partial charge in [-0.15, -0.1) is 0 Å². The van der Waals surface area contributed by atoms with Crippen LogP contribution in [0.15, 0.2) is 36.9 Å². The molecule has 1 heterocycles. The second kappa shape index (κ2) is 10.6. The molecule has 0 N–H and O–H groups in total. The highest BCUT2D eigenvalue weighted by Gasteiger charge is 2.14. The van der Waals surface area contributed by atoms with Crippen molar-refractivity contribution >= 4 is 11.8 Å². The third kappa shape index (κ3) is 6.35. The Morgan fingerprint density at radius 3 is 2.67 bits per heavy atom. The van der Waals surface area contributed by atoms with Gasteiger partial charge in [0.15, 0.2) is 0 Å². The molecule has 2 nitrogen and oxygen atoms in total. The second-order valence-corrected chi connectivity index (χ2v) is 8.03. The van der Waals surface area contributed by atoms with Crippen molar-refractivity contribution in [3.63, 3.8) is 0 Å². The van der Waals surface area contributed by atoms with E-state index in [4.69, 9.17) is 0 Å². The van der Waals surface area contributed by atoms with E-state index in [1.165, 1.54) is 61.0 Å². The highest BCUT2D eigenvalue weighted by Crippen LogP contribution is 2.35. The first-order chi connectivity index (χ1) is 11.7. The quantitative estimate of drug-likeness (QED) is 0.443. The van der Waals surface area contributed by atoms with E-state index in [9.17, 15) is 0 Å². The standard InChI is InChI=1S/C21H32N2S/c1-4-5-6-7-8-15-24-21(11-13-23-14-12-22-17-23)20-10-9-18(2)16-19(20)3/h9-10,12,14,16-17,21H,4-8,11,13,15H2,1-3H3. The lowest BCUT2D eigenvalue weighted by atomic mass is 10.0. The van der Waals surface area contributed by atoms with Gasteiger partial charge in [-0.05, 0) is 43.6 Å². The van der Waals surface area contributed by atoms with Crippen LogP contribution in [0.2, 0.25) is 0 Å². The smallest absolute Gasteiger partial charge is 0.0945 e. The Balaban J connectivity index is 1.92. The monoisotopic (exact) mass is 344 g/mol. The normalized spacial score (nSPS) is 12.5. The van der Waals surface area contributed by atoms with Gasteiger partial charge < -0.3 is 4.57 Å². The molecule has 1 aromatic carbocycles. The van der Waals surface area contributed by atoms with Crippen LogP contribution in [-0.4, -0.2) is 15.3 Å². The molecular weight excluding hydrogens is 312 g/mol. The summed E-state index contributed by atoms with van der Waals surface area (Å²) in [7, 11) is 0. The van der Waals surface area contributed by atoms with E-state index >= 15 is 0 Å². The minimum absolute atomic E-state index is 0.583. The number of hydrogen-bond acceptors (Lipinski definition) is 2. The van der Waals surface area contributed by atoms with Crippen LogP contribution in [0.25, 0.3) is 0 Å². The Hall–Kier alpha value is -1.22. The third-order valence-corrected chi connectivity index (χ3v) is 5.96. The maximum absolute atomic E-state index is 4.16. The number of imidazole rings is 1. The summed E-state index contributed by atoms with van der Waals surface area (Å²) in [5, 5.41) is 0.583. The van der Waals surface area contributed by atoms with E-state index in [1.54, 1.807) is 0 Å². The Morgan fingerprint density at radius 1 is 1.12 bits per heavy atom. The molecule has 1 aromatic heterocycles. The summed E-state index contributed by atoms with van der Waals surface area (Å²) in [5.74, 6) is 1.27. The Kier molecular flexibility index (Phi) is 8.44. The predicted octanol–water partition coefficient (Wildman–Crippen LogP) is 6.33. The summed E-state index contributed by atoms with van der Waals surface area (Å²) in [6, 6.07) is 6.92. The molecular formula is C21H32N2S. The zero-order valence-electron chi connectivity index (χ0n) is 15.5. The van der Waals surface area contributed by atoms with Crippen molar-refractivity contribution in [1.82, 2.24) is 9.55 Å². The number of rotatable bonds is 11. The van der Waals surface area contributed by atoms with E-state index < -0.39 is 0 Å². The lowest BCUT2D eigenvalue weighted by Gasteiger charge is -2.20. The molecule has 132 valence electrons. The van der Waals surface area contributed by atoms with Crippen LogP contribution in [0.1, 0.15) is 67.4 Å². The predicted molar refractivity (Wildman–Crippen MR) is 107 cm³/mol. The van der Waals surface area contributed by atoms with Gasteiger partial charge in [-0.2, -0.15) is 11.8 Å². The fourth-order valence-electron chi connectivity index (χ4n) is 3.13. The van der Waals surface area contributed by atoms with Crippen molar-refractivity contribution in [3.05, 3.63) is 53.6 Å². The number of benzene rings is 1. The SMILES string of the molecule is CCCCCCCSC(CCn1ccnc1)c1ccc(C)cc1C. The number of thioether (sulfide) groups is 1. The Morgan fingerprint density at radius 2 is 1.96 bits per heavy atom. The highest BCUT2D eigenvalue weighted by atomic mass is 32.2. The topological polar surface area (TPSA) is 17.8 Å². The Bertz CT molecular complexity index is 578. The van der Waals surface area contributed by atoms with Crippen LogP contribution in [0.5, 0.6) is 0 Å². The van der Waals surface area contributed by atoms with Crippen molar-refractivity contribution in [3.8, 4) is 0 Å². The molecule has 1 atom stereocenters. The van der Waals surface area contributed by atoms with Crippen LogP contribution in [0.3, 0.4) is 0 Å². The molecule has 2 aromatic rings. The lowest BCUT2D eigenvalue weighted by Crippen LogP contribution is -2.04. The molecule has 0 aliphatic heterocycles. The van der Waals surface area contributed by atoms with E-state index in [0.717, 1.165) is 6.54 Å². The van der Waals surface area contributed by atoms with Gasteiger partial charge in [-0.1, -0.05) is 56.4 Å². The largest absolute Gasteiger partial charge is 0.337 e. The first kappa shape index (κ1) is 19.1. The van der Waals surface area contributed by atoms with Crippen molar-refractivity contribution in [2.24, 2.45) is 0 Å². The van der Waals surface area contributed by atoms with Crippen molar-refractivity contribution in [2.75, 3.05) is 5.75 Å². The van der Waals surface area contributed by atoms with Crippen LogP contribution < -0.4 is 0 Å². The average molecular weight is 345 g/mol. The maximum atomic E-state index is 4.16. The third-order valence-electron chi connectivity index (χ3n) is 4.55. The molecule has 1 unspecified atom stereocenters. The van der Waals surface area contributed by atoms with Gasteiger partial charge in [0.1, 0.15) is 0 Å². The molecule has 0 saturated heterocycles. The summed E-state index contributed by atoms with van der Waals surface area (Å²) in [6.45, 7) is 7.76. The summed E-state index contributed by atoms with van der Waals surface area (Å²) in [6.07, 6.45) is 13.8. The van der Waals surface area contributed by atoms with Crippen LogP contribution in [0.4, 0.5) is 0 Å². The molecule has 0 aliphatic carbocycles. The minimum Gasteiger partial charge on any atom is -0.337 e. The first-order valence-electron chi connectivity index (χ1n) is 9.35. The molecule has 3 heteroatoms. The van der Waals surface area contributed by atoms with Gasteiger partial charge in [0.2, 0.25) is 0 Å². The molecule has 0 fully saturated rings. The summed E-state index contributed by atoms with van der Waals surface area (Å²) in [5.41, 5.74) is 4.30. The average Bonchev–Trinajstić information content (AvgIpc) is 3.07. The molecule has 0 spiro atoms. The molecule has 2 rings (SSSR count). The molecule has 0 bridgehead atoms. The highest BCUT2D eigenvalue weighted by molar-refractivity contribution is 7.99. The van der Waals surface area contributed by atoms with E-state index in [1.807, 2.05) is 12.5 Å². The number of aromatic nitrogens is 2. The van der Waals surface area contributed by atoms with Crippen molar-refractivity contribution in [1.29, 1.82) is 0 Å². The number of aryl methyl sites for hydroxylation is 3. The number of nitrogens with zero attached hydrogens (tertiary/aromatic N) is 2. The Labute approximate surface area is 152 Å². The molecule has 24 heavy (non-hydrogen) atoms. The lowest BCUT2D eigenvalue weighted by molar-refractivity contribution is 0.630. The zero-order valence-corrected chi connectivity index (χ0v) is 16.3. The fraction of sp³-hybridized carbons (Fsp3) is 0.571. The van der Waals surface area contributed by atoms with Gasteiger partial charge in [-0.25, -0.2) is 4.98 Å². The number of unbranched alkanes of at least 4 members (excludes halogenated alkanes) is 4. The van der Waals surface area contributed by atoms with Gasteiger partial charge >= 0.3 is 0 Å². The second-order valence-electron chi connectivity index (χ2n) is 6.72. The summed E-state index contributed by atoms with van der Waals surface area (Å²) in [4.78, 5) is 4.16. The van der Waals surface area contributed by atoms with Gasteiger partial charge in [0, 0.05) is 24.2 Å².